The molecule has 0 saturated carbocycles. The minimum Gasteiger partial charge on any atom is -0.478 e. The van der Waals surface area contributed by atoms with Gasteiger partial charge in [0.2, 0.25) is 5.89 Å². The minimum atomic E-state index is -0.959. The molecular formula is C12H12BrN3O3. The Bertz CT molecular complexity index is 598. The second-order valence-corrected chi connectivity index (χ2v) is 4.77. The third-order valence-corrected chi connectivity index (χ3v) is 3.09. The van der Waals surface area contributed by atoms with Crippen LogP contribution in [0.2, 0.25) is 0 Å². The number of hydrogen-bond acceptors (Lipinski definition) is 5. The lowest BCUT2D eigenvalue weighted by atomic mass is 10.2. The Kier molecular flexibility index (Phi) is 4.16. The third-order valence-electron chi connectivity index (χ3n) is 2.44. The number of aromatic nitrogens is 2. The molecule has 0 saturated heterocycles. The summed E-state index contributed by atoms with van der Waals surface area (Å²) in [4.78, 5) is 14.9. The van der Waals surface area contributed by atoms with Crippen molar-refractivity contribution in [1.29, 1.82) is 0 Å². The van der Waals surface area contributed by atoms with Gasteiger partial charge in [0.15, 0.2) is 5.82 Å². The maximum atomic E-state index is 10.9. The van der Waals surface area contributed by atoms with Crippen LogP contribution in [0, 0.1) is 6.92 Å². The first-order chi connectivity index (χ1) is 9.06. The molecule has 6 nitrogen and oxygen atoms in total. The van der Waals surface area contributed by atoms with Crippen LogP contribution in [-0.4, -0.2) is 27.8 Å². The van der Waals surface area contributed by atoms with E-state index in [0.29, 0.717) is 29.2 Å². The molecule has 0 unspecified atom stereocenters. The Morgan fingerprint density at radius 3 is 2.89 bits per heavy atom. The first-order valence-electron chi connectivity index (χ1n) is 5.62. The molecular weight excluding hydrogens is 314 g/mol. The van der Waals surface area contributed by atoms with E-state index in [0.717, 1.165) is 5.69 Å². The van der Waals surface area contributed by atoms with Gasteiger partial charge in [-0.3, -0.25) is 0 Å². The number of rotatable bonds is 5. The molecule has 0 fully saturated rings. The molecule has 2 N–H and O–H groups in total. The molecule has 0 radical (unpaired) electrons. The van der Waals surface area contributed by atoms with Gasteiger partial charge in [0, 0.05) is 23.1 Å². The van der Waals surface area contributed by atoms with Crippen molar-refractivity contribution in [2.24, 2.45) is 0 Å². The molecule has 1 aromatic carbocycles. The van der Waals surface area contributed by atoms with E-state index in [2.05, 4.69) is 31.4 Å². The fourth-order valence-electron chi connectivity index (χ4n) is 1.55. The first-order valence-corrected chi connectivity index (χ1v) is 6.41. The number of halogens is 1. The quantitative estimate of drug-likeness (QED) is 0.878. The summed E-state index contributed by atoms with van der Waals surface area (Å²) in [5.41, 5.74) is 1.06. The molecule has 0 atom stereocenters. The van der Waals surface area contributed by atoms with Crippen LogP contribution in [0.3, 0.4) is 0 Å². The van der Waals surface area contributed by atoms with Crippen molar-refractivity contribution >= 4 is 27.6 Å². The Morgan fingerprint density at radius 1 is 1.53 bits per heavy atom. The van der Waals surface area contributed by atoms with E-state index in [9.17, 15) is 4.79 Å². The van der Waals surface area contributed by atoms with Gasteiger partial charge >= 0.3 is 5.97 Å². The number of carboxylic acid groups (broad SMARTS) is 1. The summed E-state index contributed by atoms with van der Waals surface area (Å²) >= 11 is 3.23. The zero-order valence-corrected chi connectivity index (χ0v) is 11.8. The maximum absolute atomic E-state index is 10.9. The second kappa shape index (κ2) is 5.83. The lowest BCUT2D eigenvalue weighted by molar-refractivity contribution is 0.0696. The summed E-state index contributed by atoms with van der Waals surface area (Å²) in [5.74, 6) is 0.231. The van der Waals surface area contributed by atoms with Crippen LogP contribution in [0.15, 0.2) is 27.2 Å². The van der Waals surface area contributed by atoms with E-state index >= 15 is 0 Å². The summed E-state index contributed by atoms with van der Waals surface area (Å²) in [6.45, 7) is 2.39. The number of aryl methyl sites for hydroxylation is 1. The number of hydrogen-bond donors (Lipinski definition) is 2. The van der Waals surface area contributed by atoms with Gasteiger partial charge in [-0.15, -0.1) is 0 Å². The lowest BCUT2D eigenvalue weighted by Crippen LogP contribution is -2.06. The van der Waals surface area contributed by atoms with Gasteiger partial charge in [0.25, 0.3) is 0 Å². The van der Waals surface area contributed by atoms with Gasteiger partial charge in [-0.05, 0) is 41.1 Å². The van der Waals surface area contributed by atoms with Crippen LogP contribution in [-0.2, 0) is 6.42 Å². The Balaban J connectivity index is 1.93. The van der Waals surface area contributed by atoms with Gasteiger partial charge in [0.05, 0.1) is 5.56 Å². The molecule has 0 aliphatic carbocycles. The number of anilines is 1. The Labute approximate surface area is 118 Å². The van der Waals surface area contributed by atoms with Gasteiger partial charge in [-0.1, -0.05) is 5.16 Å². The van der Waals surface area contributed by atoms with Gasteiger partial charge in [-0.2, -0.15) is 4.98 Å². The van der Waals surface area contributed by atoms with E-state index < -0.39 is 5.97 Å². The molecule has 7 heteroatoms. The van der Waals surface area contributed by atoms with E-state index in [-0.39, 0.29) is 5.56 Å². The highest BCUT2D eigenvalue weighted by Gasteiger charge is 2.08. The molecule has 100 valence electrons. The van der Waals surface area contributed by atoms with E-state index in [1.807, 2.05) is 0 Å². The Morgan fingerprint density at radius 2 is 2.32 bits per heavy atom. The second-order valence-electron chi connectivity index (χ2n) is 3.91. The number of aromatic carboxylic acids is 1. The predicted octanol–water partition coefficient (Wildman–Crippen LogP) is 2.49. The summed E-state index contributed by atoms with van der Waals surface area (Å²) in [7, 11) is 0. The molecule has 2 aromatic rings. The average Bonchev–Trinajstić information content (AvgIpc) is 2.75. The van der Waals surface area contributed by atoms with Crippen LogP contribution in [0.1, 0.15) is 22.1 Å². The van der Waals surface area contributed by atoms with Gasteiger partial charge < -0.3 is 14.9 Å². The number of benzene rings is 1. The number of carbonyl (C=O) groups is 1. The highest BCUT2D eigenvalue weighted by molar-refractivity contribution is 9.10. The van der Waals surface area contributed by atoms with Crippen LogP contribution in [0.5, 0.6) is 0 Å². The molecule has 1 heterocycles. The molecule has 0 aliphatic heterocycles. The normalized spacial score (nSPS) is 10.4. The molecule has 19 heavy (non-hydrogen) atoms. The van der Waals surface area contributed by atoms with Crippen LogP contribution in [0.4, 0.5) is 5.69 Å². The Hall–Kier alpha value is -1.89. The van der Waals surface area contributed by atoms with Crippen molar-refractivity contribution in [1.82, 2.24) is 10.1 Å². The minimum absolute atomic E-state index is 0.234. The summed E-state index contributed by atoms with van der Waals surface area (Å²) in [5, 5.41) is 15.8. The van der Waals surface area contributed by atoms with E-state index in [4.69, 9.17) is 9.63 Å². The third kappa shape index (κ3) is 3.54. The van der Waals surface area contributed by atoms with Crippen molar-refractivity contribution < 1.29 is 14.4 Å². The van der Waals surface area contributed by atoms with Crippen molar-refractivity contribution in [2.45, 2.75) is 13.3 Å². The summed E-state index contributed by atoms with van der Waals surface area (Å²) < 4.78 is 5.53. The molecule has 2 rings (SSSR count). The molecule has 0 bridgehead atoms. The zero-order chi connectivity index (χ0) is 13.8. The molecule has 0 amide bonds. The van der Waals surface area contributed by atoms with Gasteiger partial charge in [-0.25, -0.2) is 4.79 Å². The highest BCUT2D eigenvalue weighted by Crippen LogP contribution is 2.21. The largest absolute Gasteiger partial charge is 0.478 e. The monoisotopic (exact) mass is 325 g/mol. The SMILES string of the molecule is Cc1noc(CCNc2ccc(C(=O)O)c(Br)c2)n1. The van der Waals surface area contributed by atoms with Crippen LogP contribution < -0.4 is 5.32 Å². The topological polar surface area (TPSA) is 88.2 Å². The standard InChI is InChI=1S/C12H12BrN3O3/c1-7-15-11(19-16-7)4-5-14-8-2-3-9(12(17)18)10(13)6-8/h2-3,6,14H,4-5H2,1H3,(H,17,18). The fourth-order valence-corrected chi connectivity index (χ4v) is 2.10. The van der Waals surface area contributed by atoms with E-state index in [1.165, 1.54) is 0 Å². The molecule has 0 aliphatic rings. The van der Waals surface area contributed by atoms with Crippen molar-refractivity contribution in [3.8, 4) is 0 Å². The molecule has 1 aromatic heterocycles. The predicted molar refractivity (Wildman–Crippen MR) is 72.3 cm³/mol. The van der Waals surface area contributed by atoms with Crippen molar-refractivity contribution in [2.75, 3.05) is 11.9 Å². The number of nitrogens with zero attached hydrogens (tertiary/aromatic N) is 2. The number of carboxylic acids is 1. The van der Waals surface area contributed by atoms with Crippen LogP contribution in [0.25, 0.3) is 0 Å². The fraction of sp³-hybridized carbons (Fsp3) is 0.250. The summed E-state index contributed by atoms with van der Waals surface area (Å²) in [6, 6.07) is 4.99. The van der Waals surface area contributed by atoms with Crippen molar-refractivity contribution in [3.05, 3.63) is 40.0 Å². The first kappa shape index (κ1) is 13.5. The molecule has 0 spiro atoms. The zero-order valence-electron chi connectivity index (χ0n) is 10.2. The average molecular weight is 326 g/mol. The smallest absolute Gasteiger partial charge is 0.336 e. The van der Waals surface area contributed by atoms with Crippen molar-refractivity contribution in [3.63, 3.8) is 0 Å². The van der Waals surface area contributed by atoms with E-state index in [1.54, 1.807) is 25.1 Å². The summed E-state index contributed by atoms with van der Waals surface area (Å²) in [6.07, 6.45) is 0.610. The number of nitrogens with one attached hydrogen (secondary N) is 1. The van der Waals surface area contributed by atoms with Gasteiger partial charge in [0.1, 0.15) is 0 Å². The lowest BCUT2D eigenvalue weighted by Gasteiger charge is -2.06. The highest BCUT2D eigenvalue weighted by atomic mass is 79.9. The maximum Gasteiger partial charge on any atom is 0.336 e. The van der Waals surface area contributed by atoms with Crippen LogP contribution >= 0.6 is 15.9 Å².